The predicted octanol–water partition coefficient (Wildman–Crippen LogP) is 3.43. The van der Waals surface area contributed by atoms with E-state index in [1.54, 1.807) is 11.3 Å². The number of thiophene rings is 1. The lowest BCUT2D eigenvalue weighted by molar-refractivity contribution is 0.285. The first-order valence-electron chi connectivity index (χ1n) is 8.22. The van der Waals surface area contributed by atoms with E-state index in [-0.39, 0.29) is 6.61 Å². The minimum atomic E-state index is 0.142. The zero-order valence-corrected chi connectivity index (χ0v) is 14.3. The Kier molecular flexibility index (Phi) is 3.97. The molecule has 2 aromatic heterocycles. The smallest absolute Gasteiger partial charge is 0.0775 e. The summed E-state index contributed by atoms with van der Waals surface area (Å²) in [6, 6.07) is 12.9. The quantitative estimate of drug-likeness (QED) is 0.796. The average Bonchev–Trinajstić information content (AvgIpc) is 3.11. The van der Waals surface area contributed by atoms with Gasteiger partial charge in [-0.3, -0.25) is 0 Å². The largest absolute Gasteiger partial charge is 0.391 e. The summed E-state index contributed by atoms with van der Waals surface area (Å²) in [5.41, 5.74) is 5.68. The summed E-state index contributed by atoms with van der Waals surface area (Å²) in [4.78, 5) is 3.46. The van der Waals surface area contributed by atoms with E-state index < -0.39 is 0 Å². The lowest BCUT2D eigenvalue weighted by Gasteiger charge is -2.24. The van der Waals surface area contributed by atoms with Crippen LogP contribution >= 0.6 is 11.3 Å². The molecule has 0 unspecified atom stereocenters. The van der Waals surface area contributed by atoms with Crippen LogP contribution in [0.4, 0.5) is 0 Å². The maximum absolute atomic E-state index is 9.50. The molecule has 4 heteroatoms. The highest BCUT2D eigenvalue weighted by atomic mass is 32.1. The number of hydrogen-bond donors (Lipinski definition) is 1. The number of aliphatic hydroxyl groups excluding tert-OH is 1. The third-order valence-corrected chi connectivity index (χ3v) is 5.95. The molecular formula is C19H22N2OS. The summed E-state index contributed by atoms with van der Waals surface area (Å²) < 4.78 is 3.88. The summed E-state index contributed by atoms with van der Waals surface area (Å²) in [5, 5.41) is 9.50. The van der Waals surface area contributed by atoms with E-state index in [4.69, 9.17) is 0 Å². The first kappa shape index (κ1) is 14.9. The molecule has 23 heavy (non-hydrogen) atoms. The molecule has 3 heterocycles. The van der Waals surface area contributed by atoms with Crippen molar-refractivity contribution in [1.29, 1.82) is 0 Å². The van der Waals surface area contributed by atoms with Gasteiger partial charge in [-0.1, -0.05) is 30.3 Å². The third kappa shape index (κ3) is 2.71. The van der Waals surface area contributed by atoms with Gasteiger partial charge in [0.05, 0.1) is 16.8 Å². The van der Waals surface area contributed by atoms with Crippen molar-refractivity contribution >= 4 is 21.6 Å². The fourth-order valence-electron chi connectivity index (χ4n) is 3.60. The molecule has 1 aromatic carbocycles. The molecule has 1 aliphatic rings. The summed E-state index contributed by atoms with van der Waals surface area (Å²) in [6.07, 6.45) is 2.17. The second-order valence-electron chi connectivity index (χ2n) is 6.39. The van der Waals surface area contributed by atoms with Crippen LogP contribution in [0.25, 0.3) is 10.2 Å². The molecule has 0 fully saturated rings. The number of rotatable bonds is 4. The van der Waals surface area contributed by atoms with Gasteiger partial charge in [-0.15, -0.1) is 11.3 Å². The number of hydrogen-bond acceptors (Lipinski definition) is 3. The normalized spacial score (nSPS) is 15.2. The molecule has 0 aliphatic carbocycles. The van der Waals surface area contributed by atoms with Crippen LogP contribution in [0.3, 0.4) is 0 Å². The lowest BCUT2D eigenvalue weighted by atomic mass is 10.1. The molecule has 4 rings (SSSR count). The number of benzene rings is 1. The van der Waals surface area contributed by atoms with E-state index in [0.29, 0.717) is 0 Å². The molecular weight excluding hydrogens is 304 g/mol. The Hall–Kier alpha value is -1.62. The fourth-order valence-corrected chi connectivity index (χ4v) is 4.68. The Bertz CT molecular complexity index is 819. The predicted molar refractivity (Wildman–Crippen MR) is 95.9 cm³/mol. The van der Waals surface area contributed by atoms with Gasteiger partial charge in [0.25, 0.3) is 0 Å². The van der Waals surface area contributed by atoms with Crippen molar-refractivity contribution in [2.24, 2.45) is 0 Å². The van der Waals surface area contributed by atoms with Gasteiger partial charge in [-0.25, -0.2) is 0 Å². The van der Waals surface area contributed by atoms with Crippen LogP contribution in [0.15, 0.2) is 36.4 Å². The van der Waals surface area contributed by atoms with Crippen molar-refractivity contribution in [2.45, 2.75) is 32.5 Å². The van der Waals surface area contributed by atoms with Crippen molar-refractivity contribution < 1.29 is 5.11 Å². The van der Waals surface area contributed by atoms with Crippen LogP contribution < -0.4 is 0 Å². The van der Waals surface area contributed by atoms with Crippen LogP contribution in [0.1, 0.15) is 21.7 Å². The zero-order valence-electron chi connectivity index (χ0n) is 13.5. The van der Waals surface area contributed by atoms with E-state index in [1.165, 1.54) is 27.0 Å². The summed E-state index contributed by atoms with van der Waals surface area (Å²) in [7, 11) is 2.19. The number of fused-ring (bicyclic) bond motifs is 3. The maximum atomic E-state index is 9.50. The third-order valence-electron chi connectivity index (χ3n) is 4.78. The monoisotopic (exact) mass is 326 g/mol. The second kappa shape index (κ2) is 6.11. The van der Waals surface area contributed by atoms with E-state index in [1.807, 2.05) is 0 Å². The molecule has 3 aromatic rings. The molecule has 0 saturated carbocycles. The van der Waals surface area contributed by atoms with E-state index in [2.05, 4.69) is 52.9 Å². The highest BCUT2D eigenvalue weighted by Crippen LogP contribution is 2.36. The lowest BCUT2D eigenvalue weighted by Crippen LogP contribution is -2.27. The Labute approximate surface area is 140 Å². The summed E-state index contributed by atoms with van der Waals surface area (Å²) in [6.45, 7) is 3.31. The molecule has 120 valence electrons. The topological polar surface area (TPSA) is 28.4 Å². The van der Waals surface area contributed by atoms with Gasteiger partial charge in [-0.2, -0.15) is 0 Å². The van der Waals surface area contributed by atoms with Gasteiger partial charge >= 0.3 is 0 Å². The van der Waals surface area contributed by atoms with Gasteiger partial charge in [0.1, 0.15) is 0 Å². The zero-order chi connectivity index (χ0) is 15.8. The number of aliphatic hydroxyl groups is 1. The first-order chi connectivity index (χ1) is 11.3. The molecule has 0 saturated heterocycles. The molecule has 0 atom stereocenters. The van der Waals surface area contributed by atoms with Crippen LogP contribution in [0.5, 0.6) is 0 Å². The Morgan fingerprint density at radius 1 is 1.22 bits per heavy atom. The van der Waals surface area contributed by atoms with Crippen molar-refractivity contribution in [3.8, 4) is 0 Å². The van der Waals surface area contributed by atoms with E-state index in [0.717, 1.165) is 37.4 Å². The molecule has 0 amide bonds. The molecule has 1 N–H and O–H groups in total. The molecule has 0 bridgehead atoms. The molecule has 0 spiro atoms. The van der Waals surface area contributed by atoms with Crippen molar-refractivity contribution in [2.75, 3.05) is 13.6 Å². The number of aromatic nitrogens is 1. The molecule has 1 aliphatic heterocycles. The molecule has 0 radical (unpaired) electrons. The van der Waals surface area contributed by atoms with Gasteiger partial charge in [0.2, 0.25) is 0 Å². The first-order valence-corrected chi connectivity index (χ1v) is 9.04. The van der Waals surface area contributed by atoms with Crippen molar-refractivity contribution in [1.82, 2.24) is 9.47 Å². The average molecular weight is 326 g/mol. The van der Waals surface area contributed by atoms with E-state index >= 15 is 0 Å². The number of likely N-dealkylation sites (N-methyl/N-ethyl adjacent to an activating group) is 1. The standard InChI is InChI=1S/C19H22N2OS/c1-20-9-8-17-16(12-20)19-18(11-15(13-22)23-19)21(17)10-7-14-5-3-2-4-6-14/h2-6,11,22H,7-10,12-13H2,1H3. The van der Waals surface area contributed by atoms with Gasteiger partial charge in [0, 0.05) is 42.2 Å². The van der Waals surface area contributed by atoms with Crippen LogP contribution in [-0.4, -0.2) is 28.2 Å². The second-order valence-corrected chi connectivity index (χ2v) is 7.52. The maximum Gasteiger partial charge on any atom is 0.0775 e. The number of aryl methyl sites for hydroxylation is 2. The molecule has 3 nitrogen and oxygen atoms in total. The van der Waals surface area contributed by atoms with Crippen LogP contribution in [0.2, 0.25) is 0 Å². The minimum absolute atomic E-state index is 0.142. The van der Waals surface area contributed by atoms with E-state index in [9.17, 15) is 5.11 Å². The Morgan fingerprint density at radius 2 is 2.04 bits per heavy atom. The van der Waals surface area contributed by atoms with Crippen molar-refractivity contribution in [3.05, 3.63) is 58.1 Å². The van der Waals surface area contributed by atoms with Gasteiger partial charge < -0.3 is 14.6 Å². The Balaban J connectivity index is 1.73. The number of nitrogens with zero attached hydrogens (tertiary/aromatic N) is 2. The fraction of sp³-hybridized carbons (Fsp3) is 0.368. The van der Waals surface area contributed by atoms with Gasteiger partial charge in [-0.05, 0) is 25.1 Å². The highest BCUT2D eigenvalue weighted by Gasteiger charge is 2.23. The van der Waals surface area contributed by atoms with Gasteiger partial charge in [0.15, 0.2) is 0 Å². The van der Waals surface area contributed by atoms with Crippen LogP contribution in [-0.2, 0) is 32.5 Å². The summed E-state index contributed by atoms with van der Waals surface area (Å²) >= 11 is 1.76. The van der Waals surface area contributed by atoms with Crippen LogP contribution in [0, 0.1) is 0 Å². The SMILES string of the molecule is CN1CCc2c(c3sc(CO)cc3n2CCc2ccccc2)C1. The Morgan fingerprint density at radius 3 is 2.83 bits per heavy atom. The minimum Gasteiger partial charge on any atom is -0.391 e. The summed E-state index contributed by atoms with van der Waals surface area (Å²) in [5.74, 6) is 0. The highest BCUT2D eigenvalue weighted by molar-refractivity contribution is 7.19. The van der Waals surface area contributed by atoms with Crippen molar-refractivity contribution in [3.63, 3.8) is 0 Å².